The Balaban J connectivity index is 0.00000320. The molecule has 2 aromatic rings. The molecule has 1 fully saturated rings. The number of aliphatic imine (C=N–C) groups is 1. The Morgan fingerprint density at radius 2 is 2.17 bits per heavy atom. The highest BCUT2D eigenvalue weighted by molar-refractivity contribution is 14.0. The fourth-order valence-electron chi connectivity index (χ4n) is 4.31. The Morgan fingerprint density at radius 1 is 1.37 bits per heavy atom. The summed E-state index contributed by atoms with van der Waals surface area (Å²) in [6.07, 6.45) is 4.64. The van der Waals surface area contributed by atoms with E-state index in [0.717, 1.165) is 43.3 Å². The van der Waals surface area contributed by atoms with Gasteiger partial charge in [-0.05, 0) is 56.6 Å². The normalized spacial score (nSPS) is 20.2. The molecule has 1 aliphatic rings. The van der Waals surface area contributed by atoms with Gasteiger partial charge >= 0.3 is 0 Å². The maximum Gasteiger partial charge on any atom is 0.191 e. The SMILES string of the molecule is CCC(CC)c1cc(CNC(=NC)NCC2CCCN(C)C2c2cccs2)on1.I. The summed E-state index contributed by atoms with van der Waals surface area (Å²) in [5.74, 6) is 2.70. The molecule has 3 heterocycles. The van der Waals surface area contributed by atoms with Crippen molar-refractivity contribution < 1.29 is 4.52 Å². The van der Waals surface area contributed by atoms with Crippen LogP contribution in [-0.4, -0.2) is 43.2 Å². The molecule has 168 valence electrons. The lowest BCUT2D eigenvalue weighted by Crippen LogP contribution is -2.44. The summed E-state index contributed by atoms with van der Waals surface area (Å²) < 4.78 is 5.52. The largest absolute Gasteiger partial charge is 0.359 e. The minimum Gasteiger partial charge on any atom is -0.359 e. The van der Waals surface area contributed by atoms with Crippen molar-refractivity contribution in [3.8, 4) is 0 Å². The van der Waals surface area contributed by atoms with Gasteiger partial charge in [0.05, 0.1) is 12.2 Å². The van der Waals surface area contributed by atoms with E-state index in [9.17, 15) is 0 Å². The van der Waals surface area contributed by atoms with Crippen LogP contribution in [0.5, 0.6) is 0 Å². The molecule has 0 bridgehead atoms. The van der Waals surface area contributed by atoms with Crippen LogP contribution in [0, 0.1) is 5.92 Å². The predicted octanol–water partition coefficient (Wildman–Crippen LogP) is 5.01. The fraction of sp³-hybridized carbons (Fsp3) is 0.636. The maximum atomic E-state index is 5.52. The van der Waals surface area contributed by atoms with E-state index in [-0.39, 0.29) is 24.0 Å². The van der Waals surface area contributed by atoms with Gasteiger partial charge in [0.2, 0.25) is 0 Å². The molecule has 2 unspecified atom stereocenters. The van der Waals surface area contributed by atoms with Gasteiger partial charge in [-0.3, -0.25) is 9.89 Å². The van der Waals surface area contributed by atoms with Crippen molar-refractivity contribution in [3.05, 3.63) is 39.9 Å². The van der Waals surface area contributed by atoms with Crippen molar-refractivity contribution in [1.82, 2.24) is 20.7 Å². The molecule has 0 radical (unpaired) electrons. The van der Waals surface area contributed by atoms with Crippen molar-refractivity contribution in [2.24, 2.45) is 10.9 Å². The number of nitrogens with one attached hydrogen (secondary N) is 2. The Kier molecular flexibility index (Phi) is 10.6. The first-order valence-electron chi connectivity index (χ1n) is 10.8. The Bertz CT molecular complexity index is 759. The molecule has 0 saturated carbocycles. The second-order valence-electron chi connectivity index (χ2n) is 7.88. The van der Waals surface area contributed by atoms with Crippen molar-refractivity contribution >= 4 is 41.3 Å². The van der Waals surface area contributed by atoms with Gasteiger partial charge in [-0.2, -0.15) is 0 Å². The van der Waals surface area contributed by atoms with E-state index in [4.69, 9.17) is 4.52 Å². The smallest absolute Gasteiger partial charge is 0.191 e. The molecule has 0 amide bonds. The van der Waals surface area contributed by atoms with Crippen molar-refractivity contribution in [1.29, 1.82) is 0 Å². The summed E-state index contributed by atoms with van der Waals surface area (Å²) in [6.45, 7) is 7.04. The summed E-state index contributed by atoms with van der Waals surface area (Å²) in [6, 6.07) is 6.96. The maximum absolute atomic E-state index is 5.52. The van der Waals surface area contributed by atoms with Crippen molar-refractivity contribution in [3.63, 3.8) is 0 Å². The Morgan fingerprint density at radius 3 is 2.83 bits per heavy atom. The summed E-state index contributed by atoms with van der Waals surface area (Å²) in [4.78, 5) is 8.34. The third-order valence-corrected chi connectivity index (χ3v) is 6.95. The highest BCUT2D eigenvalue weighted by atomic mass is 127. The van der Waals surface area contributed by atoms with Crippen LogP contribution < -0.4 is 10.6 Å². The van der Waals surface area contributed by atoms with Crippen LogP contribution in [0.2, 0.25) is 0 Å². The molecule has 0 aromatic carbocycles. The number of rotatable bonds is 8. The highest BCUT2D eigenvalue weighted by Crippen LogP contribution is 2.36. The number of guanidine groups is 1. The zero-order valence-corrected chi connectivity index (χ0v) is 21.7. The van der Waals surface area contributed by atoms with Crippen LogP contribution in [0.1, 0.15) is 67.8 Å². The quantitative estimate of drug-likeness (QED) is 0.278. The Hall–Kier alpha value is -1.13. The Labute approximate surface area is 201 Å². The lowest BCUT2D eigenvalue weighted by molar-refractivity contribution is 0.125. The predicted molar refractivity (Wildman–Crippen MR) is 136 cm³/mol. The van der Waals surface area contributed by atoms with E-state index in [1.165, 1.54) is 17.7 Å². The minimum absolute atomic E-state index is 0. The van der Waals surface area contributed by atoms with E-state index in [1.54, 1.807) is 0 Å². The lowest BCUT2D eigenvalue weighted by Gasteiger charge is -2.39. The van der Waals surface area contributed by atoms with E-state index >= 15 is 0 Å². The number of nitrogens with zero attached hydrogens (tertiary/aromatic N) is 3. The zero-order chi connectivity index (χ0) is 20.6. The first-order chi connectivity index (χ1) is 14.2. The number of halogens is 1. The monoisotopic (exact) mass is 545 g/mol. The molecule has 8 heteroatoms. The number of piperidine rings is 1. The summed E-state index contributed by atoms with van der Waals surface area (Å²) in [7, 11) is 4.06. The molecular weight excluding hydrogens is 509 g/mol. The number of hydrogen-bond donors (Lipinski definition) is 2. The van der Waals surface area contributed by atoms with Crippen LogP contribution in [0.4, 0.5) is 0 Å². The number of likely N-dealkylation sites (tertiary alicyclic amines) is 1. The van der Waals surface area contributed by atoms with Gasteiger partial charge in [0.1, 0.15) is 0 Å². The second-order valence-corrected chi connectivity index (χ2v) is 8.86. The molecular formula is C22H36IN5OS. The van der Waals surface area contributed by atoms with Crippen LogP contribution in [-0.2, 0) is 6.54 Å². The third kappa shape index (κ3) is 6.43. The lowest BCUT2D eigenvalue weighted by atomic mass is 9.88. The van der Waals surface area contributed by atoms with E-state index in [1.807, 2.05) is 18.4 Å². The zero-order valence-electron chi connectivity index (χ0n) is 18.6. The molecule has 30 heavy (non-hydrogen) atoms. The van der Waals surface area contributed by atoms with Crippen LogP contribution >= 0.6 is 35.3 Å². The van der Waals surface area contributed by atoms with Crippen LogP contribution in [0.3, 0.4) is 0 Å². The van der Waals surface area contributed by atoms with Gasteiger partial charge in [-0.15, -0.1) is 35.3 Å². The molecule has 2 atom stereocenters. The average Bonchev–Trinajstić information content (AvgIpc) is 3.42. The number of thiophene rings is 1. The number of aromatic nitrogens is 1. The van der Waals surface area contributed by atoms with Gasteiger partial charge in [-0.25, -0.2) is 0 Å². The van der Waals surface area contributed by atoms with Crippen molar-refractivity contribution in [2.45, 2.75) is 58.0 Å². The molecule has 2 N–H and O–H groups in total. The molecule has 1 aliphatic heterocycles. The molecule has 6 nitrogen and oxygen atoms in total. The topological polar surface area (TPSA) is 65.7 Å². The fourth-order valence-corrected chi connectivity index (χ4v) is 5.30. The average molecular weight is 546 g/mol. The second kappa shape index (κ2) is 12.7. The molecule has 0 aliphatic carbocycles. The summed E-state index contributed by atoms with van der Waals surface area (Å²) in [5, 5.41) is 13.3. The van der Waals surface area contributed by atoms with Crippen LogP contribution in [0.25, 0.3) is 0 Å². The van der Waals surface area contributed by atoms with Gasteiger partial charge < -0.3 is 15.2 Å². The molecule has 3 rings (SSSR count). The first-order valence-corrected chi connectivity index (χ1v) is 11.7. The molecule has 0 spiro atoms. The highest BCUT2D eigenvalue weighted by Gasteiger charge is 2.31. The van der Waals surface area contributed by atoms with Gasteiger partial charge in [0.25, 0.3) is 0 Å². The standard InChI is InChI=1S/C22H35N5OS.HI/c1-5-16(6-2)19-13-18(28-26-19)15-25-22(23-3)24-14-17-9-7-11-27(4)21(17)20-10-8-12-29-20;/h8,10,12-13,16-17,21H,5-7,9,11,14-15H2,1-4H3,(H2,23,24,25);1H. The third-order valence-electron chi connectivity index (χ3n) is 6.01. The summed E-state index contributed by atoms with van der Waals surface area (Å²) >= 11 is 1.86. The summed E-state index contributed by atoms with van der Waals surface area (Å²) in [5.41, 5.74) is 1.05. The van der Waals surface area contributed by atoms with E-state index in [0.29, 0.717) is 24.4 Å². The molecule has 1 saturated heterocycles. The van der Waals surface area contributed by atoms with Crippen LogP contribution in [0.15, 0.2) is 33.1 Å². The van der Waals surface area contributed by atoms with E-state index in [2.05, 4.69) is 70.2 Å². The first kappa shape index (κ1) is 25.1. The van der Waals surface area contributed by atoms with Gasteiger partial charge in [0, 0.05) is 36.5 Å². The van der Waals surface area contributed by atoms with E-state index < -0.39 is 0 Å². The number of hydrogen-bond acceptors (Lipinski definition) is 5. The van der Waals surface area contributed by atoms with Crippen molar-refractivity contribution in [2.75, 3.05) is 27.2 Å². The minimum atomic E-state index is 0. The molecule has 2 aromatic heterocycles. The van der Waals surface area contributed by atoms with Gasteiger partial charge in [-0.1, -0.05) is 25.1 Å². The van der Waals surface area contributed by atoms with Gasteiger partial charge in [0.15, 0.2) is 11.7 Å².